The second kappa shape index (κ2) is 7.11. The third-order valence-electron chi connectivity index (χ3n) is 4.13. The summed E-state index contributed by atoms with van der Waals surface area (Å²) in [4.78, 5) is 12.8. The highest BCUT2D eigenvalue weighted by molar-refractivity contribution is 5.97. The second-order valence-electron chi connectivity index (χ2n) is 5.89. The van der Waals surface area contributed by atoms with E-state index in [0.717, 1.165) is 11.3 Å². The summed E-state index contributed by atoms with van der Waals surface area (Å²) in [7, 11) is 0. The summed E-state index contributed by atoms with van der Waals surface area (Å²) in [5.74, 6) is 0.562. The first kappa shape index (κ1) is 15.9. The number of nitrogens with zero attached hydrogens (tertiary/aromatic N) is 3. The van der Waals surface area contributed by atoms with Crippen LogP contribution in [0.3, 0.4) is 0 Å². The number of aromatic nitrogens is 3. The van der Waals surface area contributed by atoms with Crippen molar-refractivity contribution in [2.75, 3.05) is 0 Å². The highest BCUT2D eigenvalue weighted by Crippen LogP contribution is 2.19. The molecule has 0 aliphatic carbocycles. The van der Waals surface area contributed by atoms with Crippen molar-refractivity contribution in [2.45, 2.75) is 6.54 Å². The molecule has 2 aromatic heterocycles. The van der Waals surface area contributed by atoms with Gasteiger partial charge in [0.25, 0.3) is 5.91 Å². The molecule has 4 rings (SSSR count). The first-order chi connectivity index (χ1) is 12.8. The summed E-state index contributed by atoms with van der Waals surface area (Å²) in [5, 5.41) is 7.43. The van der Waals surface area contributed by atoms with Crippen LogP contribution in [0, 0.1) is 0 Å². The number of para-hydroxylation sites is 1. The van der Waals surface area contributed by atoms with Crippen molar-refractivity contribution in [3.63, 3.8) is 0 Å². The van der Waals surface area contributed by atoms with Gasteiger partial charge in [0.2, 0.25) is 0 Å². The Balaban J connectivity index is 1.68. The lowest BCUT2D eigenvalue weighted by Crippen LogP contribution is -2.24. The lowest BCUT2D eigenvalue weighted by molar-refractivity contribution is 0.0951. The number of rotatable bonds is 5. The molecule has 5 heteroatoms. The van der Waals surface area contributed by atoms with Gasteiger partial charge in [-0.3, -0.25) is 4.79 Å². The number of amides is 1. The van der Waals surface area contributed by atoms with Crippen molar-refractivity contribution < 1.29 is 4.79 Å². The minimum atomic E-state index is -0.153. The number of hydrogen-bond acceptors (Lipinski definition) is 2. The van der Waals surface area contributed by atoms with E-state index in [9.17, 15) is 4.79 Å². The van der Waals surface area contributed by atoms with Crippen LogP contribution in [-0.2, 0) is 6.54 Å². The van der Waals surface area contributed by atoms with E-state index in [4.69, 9.17) is 0 Å². The largest absolute Gasteiger partial charge is 0.348 e. The maximum absolute atomic E-state index is 12.8. The molecule has 0 aliphatic heterocycles. The minimum Gasteiger partial charge on any atom is -0.348 e. The Morgan fingerprint density at radius 3 is 2.23 bits per heavy atom. The molecule has 0 aliphatic rings. The topological polar surface area (TPSA) is 51.9 Å². The molecule has 0 fully saturated rings. The molecular formula is C21H18N4O. The van der Waals surface area contributed by atoms with Gasteiger partial charge in [0.15, 0.2) is 5.82 Å². The van der Waals surface area contributed by atoms with E-state index in [0.29, 0.717) is 17.9 Å². The Morgan fingerprint density at radius 1 is 0.885 bits per heavy atom. The van der Waals surface area contributed by atoms with Gasteiger partial charge in [-0.2, -0.15) is 5.10 Å². The molecule has 1 N–H and O–H groups in total. The predicted molar refractivity (Wildman–Crippen MR) is 101 cm³/mol. The number of carbonyl (C=O) groups is 1. The van der Waals surface area contributed by atoms with Crippen LogP contribution in [0.1, 0.15) is 15.9 Å². The van der Waals surface area contributed by atoms with Gasteiger partial charge < -0.3 is 9.88 Å². The number of nitrogens with one attached hydrogen (secondary N) is 1. The third kappa shape index (κ3) is 3.15. The molecule has 1 amide bonds. The molecule has 0 bridgehead atoms. The zero-order valence-electron chi connectivity index (χ0n) is 14.1. The SMILES string of the molecule is O=C(NCc1ccccc1)c1cnn(-c2ccccc2)c1-n1cccc1. The number of carbonyl (C=O) groups excluding carboxylic acids is 1. The van der Waals surface area contributed by atoms with E-state index < -0.39 is 0 Å². The minimum absolute atomic E-state index is 0.153. The Labute approximate surface area is 151 Å². The summed E-state index contributed by atoms with van der Waals surface area (Å²) in [5.41, 5.74) is 2.48. The molecule has 0 saturated carbocycles. The van der Waals surface area contributed by atoms with Crippen LogP contribution in [0.4, 0.5) is 0 Å². The van der Waals surface area contributed by atoms with Gasteiger partial charge in [0.05, 0.1) is 11.9 Å². The van der Waals surface area contributed by atoms with Gasteiger partial charge in [-0.05, 0) is 29.8 Å². The third-order valence-corrected chi connectivity index (χ3v) is 4.13. The highest BCUT2D eigenvalue weighted by Gasteiger charge is 2.19. The van der Waals surface area contributed by atoms with Gasteiger partial charge in [0.1, 0.15) is 5.56 Å². The molecule has 0 atom stereocenters. The van der Waals surface area contributed by atoms with Crippen LogP contribution in [0.2, 0.25) is 0 Å². The second-order valence-corrected chi connectivity index (χ2v) is 5.89. The summed E-state index contributed by atoms with van der Waals surface area (Å²) in [6, 6.07) is 23.5. The maximum Gasteiger partial charge on any atom is 0.256 e. The lowest BCUT2D eigenvalue weighted by atomic mass is 10.2. The Bertz CT molecular complexity index is 989. The van der Waals surface area contributed by atoms with Crippen molar-refractivity contribution in [1.82, 2.24) is 19.7 Å². The average molecular weight is 342 g/mol. The molecule has 0 saturated heterocycles. The Morgan fingerprint density at radius 2 is 1.54 bits per heavy atom. The van der Waals surface area contributed by atoms with Gasteiger partial charge in [-0.25, -0.2) is 4.68 Å². The van der Waals surface area contributed by atoms with Crippen LogP contribution in [0.15, 0.2) is 91.4 Å². The number of hydrogen-bond donors (Lipinski definition) is 1. The maximum atomic E-state index is 12.8. The van der Waals surface area contributed by atoms with Crippen LogP contribution in [0.5, 0.6) is 0 Å². The molecule has 4 aromatic rings. The quantitative estimate of drug-likeness (QED) is 0.602. The average Bonchev–Trinajstić information content (AvgIpc) is 3.37. The van der Waals surface area contributed by atoms with Gasteiger partial charge in [0, 0.05) is 18.9 Å². The number of benzene rings is 2. The molecule has 0 unspecified atom stereocenters. The molecule has 128 valence electrons. The van der Waals surface area contributed by atoms with Crippen molar-refractivity contribution in [1.29, 1.82) is 0 Å². The van der Waals surface area contributed by atoms with Gasteiger partial charge >= 0.3 is 0 Å². The summed E-state index contributed by atoms with van der Waals surface area (Å²) >= 11 is 0. The van der Waals surface area contributed by atoms with Gasteiger partial charge in [-0.1, -0.05) is 48.5 Å². The highest BCUT2D eigenvalue weighted by atomic mass is 16.1. The zero-order chi connectivity index (χ0) is 17.8. The van der Waals surface area contributed by atoms with E-state index in [1.165, 1.54) is 0 Å². The molecule has 2 heterocycles. The smallest absolute Gasteiger partial charge is 0.256 e. The Kier molecular flexibility index (Phi) is 4.35. The molecule has 2 aromatic carbocycles. The van der Waals surface area contributed by atoms with Crippen LogP contribution in [0.25, 0.3) is 11.5 Å². The van der Waals surface area contributed by atoms with Gasteiger partial charge in [-0.15, -0.1) is 0 Å². The van der Waals surface area contributed by atoms with Crippen LogP contribution < -0.4 is 5.32 Å². The monoisotopic (exact) mass is 342 g/mol. The standard InChI is InChI=1S/C21H18N4O/c26-20(22-15-17-9-3-1-4-10-17)19-16-23-25(18-11-5-2-6-12-18)21(19)24-13-7-8-14-24/h1-14,16H,15H2,(H,22,26). The van der Waals surface area contributed by atoms with Crippen molar-refractivity contribution >= 4 is 5.91 Å². The molecule has 0 spiro atoms. The Hall–Kier alpha value is -3.60. The van der Waals surface area contributed by atoms with E-state index in [2.05, 4.69) is 10.4 Å². The van der Waals surface area contributed by atoms with Crippen molar-refractivity contribution in [3.05, 3.63) is 103 Å². The van der Waals surface area contributed by atoms with E-state index >= 15 is 0 Å². The molecule has 0 radical (unpaired) electrons. The molecule has 26 heavy (non-hydrogen) atoms. The zero-order valence-corrected chi connectivity index (χ0v) is 14.1. The lowest BCUT2D eigenvalue weighted by Gasteiger charge is -2.11. The first-order valence-electron chi connectivity index (χ1n) is 8.42. The van der Waals surface area contributed by atoms with Crippen LogP contribution >= 0.6 is 0 Å². The fraction of sp³-hybridized carbons (Fsp3) is 0.0476. The van der Waals surface area contributed by atoms with Crippen molar-refractivity contribution in [3.8, 4) is 11.5 Å². The summed E-state index contributed by atoms with van der Waals surface area (Å²) in [6.45, 7) is 0.474. The summed E-state index contributed by atoms with van der Waals surface area (Å²) < 4.78 is 3.68. The molecule has 5 nitrogen and oxygen atoms in total. The van der Waals surface area contributed by atoms with E-state index in [1.54, 1.807) is 10.9 Å². The predicted octanol–water partition coefficient (Wildman–Crippen LogP) is 3.59. The fourth-order valence-corrected chi connectivity index (χ4v) is 2.86. The fourth-order valence-electron chi connectivity index (χ4n) is 2.86. The van der Waals surface area contributed by atoms with Crippen molar-refractivity contribution in [2.24, 2.45) is 0 Å². The normalized spacial score (nSPS) is 10.6. The first-order valence-corrected chi connectivity index (χ1v) is 8.42. The van der Waals surface area contributed by atoms with E-state index in [1.807, 2.05) is 89.8 Å². The molecular weight excluding hydrogens is 324 g/mol. The summed E-state index contributed by atoms with van der Waals surface area (Å²) in [6.07, 6.45) is 5.43. The van der Waals surface area contributed by atoms with E-state index in [-0.39, 0.29) is 5.91 Å². The van der Waals surface area contributed by atoms with Crippen LogP contribution in [-0.4, -0.2) is 20.3 Å².